The average Bonchev–Trinajstić information content (AvgIpc) is 3.43. The van der Waals surface area contributed by atoms with E-state index in [-0.39, 0.29) is 29.7 Å². The predicted octanol–water partition coefficient (Wildman–Crippen LogP) is 5.15. The summed E-state index contributed by atoms with van der Waals surface area (Å²) in [5, 5.41) is 29.7. The molecule has 0 aromatic carbocycles. The molecule has 2 rings (SSSR count). The van der Waals surface area contributed by atoms with Crippen LogP contribution in [-0.2, 0) is 4.79 Å². The Hall–Kier alpha value is -0.580. The molecule has 5 heteroatoms. The molecule has 0 aromatic rings. The van der Waals surface area contributed by atoms with E-state index in [1.807, 2.05) is 0 Å². The fourth-order valence-electron chi connectivity index (χ4n) is 4.89. The normalized spacial score (nSPS) is 30.0. The van der Waals surface area contributed by atoms with Crippen molar-refractivity contribution in [3.8, 4) is 0 Å². The number of aliphatic hydroxyl groups excluding tert-OH is 2. The molecule has 0 spiro atoms. The van der Waals surface area contributed by atoms with E-state index in [9.17, 15) is 15.0 Å². The molecule has 2 unspecified atom stereocenters. The number of rotatable bonds is 14. The third kappa shape index (κ3) is 7.68. The molecule has 2 saturated carbocycles. The van der Waals surface area contributed by atoms with Gasteiger partial charge in [-0.05, 0) is 62.7 Å². The monoisotopic (exact) mass is 414 g/mol. The van der Waals surface area contributed by atoms with Crippen LogP contribution in [0.3, 0.4) is 0 Å². The molecule has 0 heterocycles. The summed E-state index contributed by atoms with van der Waals surface area (Å²) in [6.07, 6.45) is 14.4. The van der Waals surface area contributed by atoms with Crippen molar-refractivity contribution >= 4 is 17.6 Å². The van der Waals surface area contributed by atoms with Crippen LogP contribution >= 0.6 is 11.6 Å². The minimum Gasteiger partial charge on any atom is -0.481 e. The first-order valence-electron chi connectivity index (χ1n) is 11.3. The Morgan fingerprint density at radius 3 is 2.57 bits per heavy atom. The Morgan fingerprint density at radius 2 is 1.93 bits per heavy atom. The number of hydrogen-bond donors (Lipinski definition) is 3. The summed E-state index contributed by atoms with van der Waals surface area (Å²) in [4.78, 5) is 10.6. The molecule has 2 fully saturated rings. The van der Waals surface area contributed by atoms with Gasteiger partial charge in [-0.3, -0.25) is 4.79 Å². The van der Waals surface area contributed by atoms with Gasteiger partial charge in [0.15, 0.2) is 0 Å². The first-order valence-corrected chi connectivity index (χ1v) is 11.8. The highest BCUT2D eigenvalue weighted by molar-refractivity contribution is 6.21. The van der Waals surface area contributed by atoms with Crippen LogP contribution in [-0.4, -0.2) is 38.9 Å². The molecular weight excluding hydrogens is 376 g/mol. The maximum Gasteiger partial charge on any atom is 0.303 e. The Bertz CT molecular complexity index is 491. The van der Waals surface area contributed by atoms with Crippen LogP contribution in [0.5, 0.6) is 0 Å². The minimum atomic E-state index is -0.727. The van der Waals surface area contributed by atoms with E-state index in [0.717, 1.165) is 44.9 Å². The van der Waals surface area contributed by atoms with Crippen LogP contribution in [0.25, 0.3) is 0 Å². The van der Waals surface area contributed by atoms with Crippen molar-refractivity contribution in [1.29, 1.82) is 0 Å². The molecule has 0 bridgehead atoms. The second kappa shape index (κ2) is 12.2. The number of halogens is 1. The van der Waals surface area contributed by atoms with Gasteiger partial charge >= 0.3 is 5.97 Å². The molecule has 0 amide bonds. The zero-order valence-corrected chi connectivity index (χ0v) is 18.1. The number of carboxylic acids is 1. The average molecular weight is 415 g/mol. The van der Waals surface area contributed by atoms with Crippen molar-refractivity contribution in [3.05, 3.63) is 12.2 Å². The Kier molecular flexibility index (Phi) is 10.3. The van der Waals surface area contributed by atoms with Gasteiger partial charge in [-0.25, -0.2) is 0 Å². The first kappa shape index (κ1) is 23.7. The second-order valence-corrected chi connectivity index (χ2v) is 9.49. The van der Waals surface area contributed by atoms with Gasteiger partial charge in [0.2, 0.25) is 0 Å². The quantitative estimate of drug-likeness (QED) is 0.208. The highest BCUT2D eigenvalue weighted by atomic mass is 35.5. The number of hydrogen-bond acceptors (Lipinski definition) is 3. The van der Waals surface area contributed by atoms with E-state index < -0.39 is 12.1 Å². The van der Waals surface area contributed by atoms with E-state index in [4.69, 9.17) is 16.7 Å². The van der Waals surface area contributed by atoms with Crippen LogP contribution < -0.4 is 0 Å². The lowest BCUT2D eigenvalue weighted by molar-refractivity contribution is -0.137. The van der Waals surface area contributed by atoms with Crippen molar-refractivity contribution in [3.63, 3.8) is 0 Å². The van der Waals surface area contributed by atoms with E-state index in [1.54, 1.807) is 0 Å². The maximum absolute atomic E-state index is 10.6. The third-order valence-electron chi connectivity index (χ3n) is 6.63. The molecule has 0 radical (unpaired) electrons. The third-order valence-corrected chi connectivity index (χ3v) is 7.13. The summed E-state index contributed by atoms with van der Waals surface area (Å²) in [5.41, 5.74) is 0. The van der Waals surface area contributed by atoms with Crippen molar-refractivity contribution < 1.29 is 20.1 Å². The number of alkyl halides is 1. The SMILES string of the molecule is CCCC(C(O)C/C=C/[C@@H]1[C@@H](CCCCCCC(=O)O)[C@@H](Cl)C[C@H]1O)C1CC1. The topological polar surface area (TPSA) is 77.8 Å². The minimum absolute atomic E-state index is 0.00658. The van der Waals surface area contributed by atoms with Gasteiger partial charge in [0, 0.05) is 17.7 Å². The van der Waals surface area contributed by atoms with E-state index in [1.165, 1.54) is 12.8 Å². The summed E-state index contributed by atoms with van der Waals surface area (Å²) < 4.78 is 0. The van der Waals surface area contributed by atoms with Gasteiger partial charge in [-0.15, -0.1) is 11.6 Å². The lowest BCUT2D eigenvalue weighted by Gasteiger charge is -2.23. The van der Waals surface area contributed by atoms with E-state index >= 15 is 0 Å². The van der Waals surface area contributed by atoms with Crippen LogP contribution in [0.2, 0.25) is 0 Å². The molecule has 2 aliphatic rings. The smallest absolute Gasteiger partial charge is 0.303 e. The molecule has 2 aliphatic carbocycles. The molecule has 0 saturated heterocycles. The standard InChI is InChI=1S/C23H39ClO4/c1-2-8-17(16-13-14-16)21(25)11-7-10-19-18(20(24)15-22(19)26)9-5-3-4-6-12-23(27)28/h7,10,16-22,25-26H,2-6,8-9,11-15H2,1H3,(H,27,28)/b10-7+/t17?,18-,19-,20+,21?,22-/m1/s1. The number of carbonyl (C=O) groups is 1. The molecule has 0 aromatic heterocycles. The summed E-state index contributed by atoms with van der Waals surface area (Å²) in [6.45, 7) is 2.18. The van der Waals surface area contributed by atoms with Gasteiger partial charge in [0.1, 0.15) is 0 Å². The van der Waals surface area contributed by atoms with Crippen molar-refractivity contribution in [2.24, 2.45) is 23.7 Å². The van der Waals surface area contributed by atoms with Gasteiger partial charge in [0.25, 0.3) is 0 Å². The summed E-state index contributed by atoms with van der Waals surface area (Å²) in [5.74, 6) is 0.737. The predicted molar refractivity (Wildman–Crippen MR) is 113 cm³/mol. The van der Waals surface area contributed by atoms with Gasteiger partial charge in [-0.1, -0.05) is 44.8 Å². The first-order chi connectivity index (χ1) is 13.4. The summed E-state index contributed by atoms with van der Waals surface area (Å²) >= 11 is 6.51. The van der Waals surface area contributed by atoms with Crippen molar-refractivity contribution in [2.45, 2.75) is 102 Å². The fourth-order valence-corrected chi connectivity index (χ4v) is 5.37. The maximum atomic E-state index is 10.6. The summed E-state index contributed by atoms with van der Waals surface area (Å²) in [6, 6.07) is 0. The second-order valence-electron chi connectivity index (χ2n) is 8.93. The molecule has 0 aliphatic heterocycles. The number of aliphatic hydroxyl groups is 2. The summed E-state index contributed by atoms with van der Waals surface area (Å²) in [7, 11) is 0. The largest absolute Gasteiger partial charge is 0.481 e. The van der Waals surface area contributed by atoms with Crippen molar-refractivity contribution in [1.82, 2.24) is 0 Å². The lowest BCUT2D eigenvalue weighted by Crippen LogP contribution is -2.22. The number of unbranched alkanes of at least 4 members (excludes halogenated alkanes) is 3. The highest BCUT2D eigenvalue weighted by Gasteiger charge is 2.39. The van der Waals surface area contributed by atoms with Crippen LogP contribution in [0.15, 0.2) is 12.2 Å². The van der Waals surface area contributed by atoms with Gasteiger partial charge < -0.3 is 15.3 Å². The molecule has 162 valence electrons. The van der Waals surface area contributed by atoms with Gasteiger partial charge in [0.05, 0.1) is 12.2 Å². The molecule has 3 N–H and O–H groups in total. The van der Waals surface area contributed by atoms with Crippen LogP contribution in [0.4, 0.5) is 0 Å². The zero-order chi connectivity index (χ0) is 20.5. The van der Waals surface area contributed by atoms with Crippen LogP contribution in [0.1, 0.15) is 84.0 Å². The number of carboxylic acid groups (broad SMARTS) is 1. The molecule has 28 heavy (non-hydrogen) atoms. The van der Waals surface area contributed by atoms with Gasteiger partial charge in [-0.2, -0.15) is 0 Å². The van der Waals surface area contributed by atoms with Crippen LogP contribution in [0, 0.1) is 23.7 Å². The van der Waals surface area contributed by atoms with E-state index in [0.29, 0.717) is 24.7 Å². The Balaban J connectivity index is 1.77. The Labute approximate surface area is 175 Å². The molecule has 6 atom stereocenters. The Morgan fingerprint density at radius 1 is 1.21 bits per heavy atom. The van der Waals surface area contributed by atoms with E-state index in [2.05, 4.69) is 19.1 Å². The van der Waals surface area contributed by atoms with Crippen molar-refractivity contribution in [2.75, 3.05) is 0 Å². The lowest BCUT2D eigenvalue weighted by atomic mass is 9.87. The molecular formula is C23H39ClO4. The highest BCUT2D eigenvalue weighted by Crippen LogP contribution is 2.42. The zero-order valence-electron chi connectivity index (χ0n) is 17.3. The molecule has 4 nitrogen and oxygen atoms in total. The number of aliphatic carboxylic acids is 1. The fraction of sp³-hybridized carbons (Fsp3) is 0.870.